The Labute approximate surface area is 158 Å². The summed E-state index contributed by atoms with van der Waals surface area (Å²) in [5.74, 6) is 0.172. The van der Waals surface area contributed by atoms with Crippen LogP contribution >= 0.6 is 45.2 Å². The molecule has 1 aromatic carbocycles. The molecule has 23 heavy (non-hydrogen) atoms. The lowest BCUT2D eigenvalue weighted by Crippen LogP contribution is -2.45. The summed E-state index contributed by atoms with van der Waals surface area (Å²) in [6.07, 6.45) is -0.671. The second-order valence-electron chi connectivity index (χ2n) is 5.02. The van der Waals surface area contributed by atoms with Crippen LogP contribution in [0.5, 0.6) is 5.75 Å². The number of nitro benzene ring substituents is 1. The number of non-ortho nitro benzene ring substituents is 1. The average Bonchev–Trinajstić information content (AvgIpc) is 2.91. The predicted molar refractivity (Wildman–Crippen MR) is 94.0 cm³/mol. The Morgan fingerprint density at radius 1 is 1.30 bits per heavy atom. The second kappa shape index (κ2) is 6.29. The highest BCUT2D eigenvalue weighted by molar-refractivity contribution is 14.1. The smallest absolute Gasteiger partial charge is 0.427 e. The highest BCUT2D eigenvalue weighted by Gasteiger charge is 2.65. The molecule has 0 saturated carbocycles. The number of halogens is 2. The average molecular weight is 547 g/mol. The van der Waals surface area contributed by atoms with Gasteiger partial charge in [-0.2, -0.15) is 0 Å². The normalized spacial score (nSPS) is 32.3. The Morgan fingerprint density at radius 3 is 2.65 bits per heavy atom. The number of carbonyl (C=O) groups excluding carboxylic acids is 1. The van der Waals surface area contributed by atoms with Gasteiger partial charge in [-0.15, -0.1) is 0 Å². The lowest BCUT2D eigenvalue weighted by molar-refractivity contribution is -0.384. The fourth-order valence-electron chi connectivity index (χ4n) is 2.43. The van der Waals surface area contributed by atoms with E-state index in [9.17, 15) is 14.9 Å². The lowest BCUT2D eigenvalue weighted by Gasteiger charge is -2.29. The molecule has 2 saturated heterocycles. The number of carbonyl (C=O) groups is 1. The largest absolute Gasteiger partial charge is 0.514 e. The monoisotopic (exact) mass is 547 g/mol. The third kappa shape index (κ3) is 3.13. The summed E-state index contributed by atoms with van der Waals surface area (Å²) in [4.78, 5) is 22.0. The number of hydrogen-bond acceptors (Lipinski definition) is 7. The Morgan fingerprint density at radius 2 is 2.00 bits per heavy atom. The van der Waals surface area contributed by atoms with Gasteiger partial charge in [-0.25, -0.2) is 4.79 Å². The molecular weight excluding hydrogens is 536 g/mol. The van der Waals surface area contributed by atoms with Crippen LogP contribution in [0.25, 0.3) is 0 Å². The van der Waals surface area contributed by atoms with Crippen LogP contribution in [0, 0.1) is 10.1 Å². The third-order valence-electron chi connectivity index (χ3n) is 3.67. The molecule has 0 aliphatic carbocycles. The van der Waals surface area contributed by atoms with Gasteiger partial charge in [-0.1, -0.05) is 22.6 Å². The van der Waals surface area contributed by atoms with Crippen LogP contribution < -0.4 is 4.74 Å². The van der Waals surface area contributed by atoms with E-state index in [1.165, 1.54) is 24.3 Å². The van der Waals surface area contributed by atoms with Crippen molar-refractivity contribution in [2.75, 3.05) is 13.2 Å². The van der Waals surface area contributed by atoms with Gasteiger partial charge in [-0.3, -0.25) is 10.1 Å². The summed E-state index contributed by atoms with van der Waals surface area (Å²) in [5, 5.41) is 10.6. The van der Waals surface area contributed by atoms with Gasteiger partial charge in [-0.05, 0) is 41.1 Å². The summed E-state index contributed by atoms with van der Waals surface area (Å²) < 4.78 is 20.4. The van der Waals surface area contributed by atoms with Crippen molar-refractivity contribution in [3.63, 3.8) is 0 Å². The predicted octanol–water partition coefficient (Wildman–Crippen LogP) is 3.19. The molecule has 2 fully saturated rings. The molecule has 0 N–H and O–H groups in total. The molecule has 2 aliphatic rings. The first-order chi connectivity index (χ1) is 10.8. The number of benzene rings is 1. The number of alkyl halides is 2. The molecule has 0 unspecified atom stereocenters. The summed E-state index contributed by atoms with van der Waals surface area (Å²) in [6.45, 7) is 0.754. The van der Waals surface area contributed by atoms with Crippen LogP contribution in [0.15, 0.2) is 24.3 Å². The molecule has 2 aliphatic heterocycles. The van der Waals surface area contributed by atoms with E-state index in [0.29, 0.717) is 13.0 Å². The number of fused-ring (bicyclic) bond motifs is 1. The molecule has 0 spiro atoms. The molecule has 0 amide bonds. The fraction of sp³-hybridized carbons (Fsp3) is 0.462. The van der Waals surface area contributed by atoms with Crippen LogP contribution in [-0.4, -0.2) is 37.6 Å². The maximum Gasteiger partial charge on any atom is 0.514 e. The SMILES string of the molecule is O=C(Oc1ccc([N+](=O)[O-])cc1)O[C@H]1CO[C@@]2(I)OCC[C@@]12I. The Kier molecular flexibility index (Phi) is 4.68. The van der Waals surface area contributed by atoms with Crippen molar-refractivity contribution in [1.82, 2.24) is 0 Å². The molecule has 0 radical (unpaired) electrons. The summed E-state index contributed by atoms with van der Waals surface area (Å²) in [6, 6.07) is 5.18. The van der Waals surface area contributed by atoms with Crippen molar-refractivity contribution < 1.29 is 28.7 Å². The summed E-state index contributed by atoms with van der Waals surface area (Å²) >= 11 is 4.29. The fourth-order valence-corrected chi connectivity index (χ4v) is 4.29. The van der Waals surface area contributed by atoms with Gasteiger partial charge >= 0.3 is 6.16 Å². The van der Waals surface area contributed by atoms with Crippen molar-refractivity contribution in [2.24, 2.45) is 0 Å². The Balaban J connectivity index is 1.63. The minimum atomic E-state index is -0.879. The van der Waals surface area contributed by atoms with Gasteiger partial charge in [0.2, 0.25) is 3.79 Å². The first-order valence-electron chi connectivity index (χ1n) is 6.63. The molecular formula is C13H11I2NO7. The molecule has 0 aromatic heterocycles. The van der Waals surface area contributed by atoms with E-state index in [-0.39, 0.29) is 18.0 Å². The third-order valence-corrected chi connectivity index (χ3v) is 8.23. The van der Waals surface area contributed by atoms with E-state index in [0.717, 1.165) is 0 Å². The number of nitrogens with zero attached hydrogens (tertiary/aromatic N) is 1. The van der Waals surface area contributed by atoms with Crippen LogP contribution in [0.1, 0.15) is 6.42 Å². The van der Waals surface area contributed by atoms with Crippen molar-refractivity contribution in [1.29, 1.82) is 0 Å². The highest BCUT2D eigenvalue weighted by Crippen LogP contribution is 2.55. The number of nitro groups is 1. The van der Waals surface area contributed by atoms with Gasteiger partial charge in [0.05, 0.1) is 18.1 Å². The van der Waals surface area contributed by atoms with Crippen molar-refractivity contribution in [2.45, 2.75) is 19.7 Å². The number of ether oxygens (including phenoxy) is 4. The van der Waals surface area contributed by atoms with Crippen molar-refractivity contribution in [3.05, 3.63) is 34.4 Å². The first kappa shape index (κ1) is 17.1. The van der Waals surface area contributed by atoms with Gasteiger partial charge in [0.1, 0.15) is 15.3 Å². The molecule has 2 heterocycles. The minimum absolute atomic E-state index is 0.0843. The maximum atomic E-state index is 11.9. The van der Waals surface area contributed by atoms with E-state index in [1.807, 2.05) is 0 Å². The first-order valence-corrected chi connectivity index (χ1v) is 8.78. The quantitative estimate of drug-likeness (QED) is 0.143. The lowest BCUT2D eigenvalue weighted by atomic mass is 10.0. The Hall–Kier alpha value is -0.730. The minimum Gasteiger partial charge on any atom is -0.427 e. The molecule has 8 nitrogen and oxygen atoms in total. The zero-order chi connectivity index (χ0) is 16.7. The highest BCUT2D eigenvalue weighted by atomic mass is 127. The standard InChI is InChI=1S/C13H11I2NO7/c14-12-5-6-20-13(12,15)21-7-10(12)23-11(17)22-9-3-1-8(2-4-9)16(18)19/h1-4,10H,5-7H2/t10-,12+,13-/m0/s1. The zero-order valence-corrected chi connectivity index (χ0v) is 15.9. The van der Waals surface area contributed by atoms with Gasteiger partial charge < -0.3 is 18.9 Å². The molecule has 3 atom stereocenters. The van der Waals surface area contributed by atoms with Gasteiger partial charge in [0.25, 0.3) is 5.69 Å². The zero-order valence-electron chi connectivity index (χ0n) is 11.6. The second-order valence-corrected chi connectivity index (χ2v) is 8.36. The summed E-state index contributed by atoms with van der Waals surface area (Å²) in [5.41, 5.74) is -0.0843. The van der Waals surface area contributed by atoms with Crippen molar-refractivity contribution in [3.8, 4) is 5.75 Å². The topological polar surface area (TPSA) is 97.1 Å². The number of hydrogen-bond donors (Lipinski definition) is 0. The van der Waals surface area contributed by atoms with E-state index in [1.54, 1.807) is 0 Å². The van der Waals surface area contributed by atoms with Crippen LogP contribution in [0.4, 0.5) is 10.5 Å². The van der Waals surface area contributed by atoms with Crippen LogP contribution in [0.2, 0.25) is 0 Å². The maximum absolute atomic E-state index is 11.9. The number of rotatable bonds is 3. The van der Waals surface area contributed by atoms with E-state index in [4.69, 9.17) is 18.9 Å². The van der Waals surface area contributed by atoms with Crippen LogP contribution in [0.3, 0.4) is 0 Å². The molecule has 3 rings (SSSR count). The molecule has 0 bridgehead atoms. The van der Waals surface area contributed by atoms with Crippen molar-refractivity contribution >= 4 is 57.0 Å². The van der Waals surface area contributed by atoms with Gasteiger partial charge in [0, 0.05) is 12.1 Å². The molecule has 10 heteroatoms. The summed E-state index contributed by atoms with van der Waals surface area (Å²) in [7, 11) is 0. The van der Waals surface area contributed by atoms with E-state index < -0.39 is 24.4 Å². The van der Waals surface area contributed by atoms with E-state index >= 15 is 0 Å². The molecule has 124 valence electrons. The van der Waals surface area contributed by atoms with Crippen LogP contribution in [-0.2, 0) is 14.2 Å². The molecule has 1 aromatic rings. The van der Waals surface area contributed by atoms with E-state index in [2.05, 4.69) is 45.2 Å². The van der Waals surface area contributed by atoms with Gasteiger partial charge in [0.15, 0.2) is 0 Å². The Bertz CT molecular complexity index is 640.